The fourth-order valence-corrected chi connectivity index (χ4v) is 5.65. The van der Waals surface area contributed by atoms with Crippen LogP contribution in [0.4, 0.5) is 5.69 Å². The number of likely N-dealkylation sites (N-methyl/N-ethyl adjacent to an activating group) is 1. The topological polar surface area (TPSA) is 86.8 Å². The van der Waals surface area contributed by atoms with E-state index in [-0.39, 0.29) is 23.0 Å². The van der Waals surface area contributed by atoms with Crippen molar-refractivity contribution in [2.24, 2.45) is 0 Å². The van der Waals surface area contributed by atoms with E-state index in [9.17, 15) is 18.0 Å². The zero-order valence-corrected chi connectivity index (χ0v) is 23.1. The first-order chi connectivity index (χ1) is 17.6. The van der Waals surface area contributed by atoms with Crippen LogP contribution in [0, 0.1) is 6.92 Å². The lowest BCUT2D eigenvalue weighted by Crippen LogP contribution is -2.51. The number of rotatable bonds is 10. The first-order valence-electron chi connectivity index (χ1n) is 11.7. The smallest absolute Gasteiger partial charge is 0.264 e. The number of sulfonamides is 1. The van der Waals surface area contributed by atoms with Crippen molar-refractivity contribution in [3.63, 3.8) is 0 Å². The summed E-state index contributed by atoms with van der Waals surface area (Å²) in [5, 5.41) is 3.48. The van der Waals surface area contributed by atoms with Gasteiger partial charge in [0.05, 0.1) is 10.6 Å². The molecule has 1 N–H and O–H groups in total. The van der Waals surface area contributed by atoms with Gasteiger partial charge in [-0.1, -0.05) is 65.7 Å². The molecule has 37 heavy (non-hydrogen) atoms. The number of nitrogens with one attached hydrogen (secondary N) is 1. The first kappa shape index (κ1) is 28.5. The lowest BCUT2D eigenvalue weighted by molar-refractivity contribution is -0.139. The van der Waals surface area contributed by atoms with E-state index >= 15 is 0 Å². The van der Waals surface area contributed by atoms with Crippen LogP contribution < -0.4 is 9.62 Å². The highest BCUT2D eigenvalue weighted by molar-refractivity contribution is 7.92. The highest BCUT2D eigenvalue weighted by atomic mass is 35.5. The quantitative estimate of drug-likeness (QED) is 0.375. The Morgan fingerprint density at radius 2 is 1.62 bits per heavy atom. The molecule has 1 atom stereocenters. The number of nitrogens with zero attached hydrogens (tertiary/aromatic N) is 2. The summed E-state index contributed by atoms with van der Waals surface area (Å²) in [5.74, 6) is -0.933. The predicted octanol–water partition coefficient (Wildman–Crippen LogP) is 5.05. The van der Waals surface area contributed by atoms with Crippen LogP contribution in [0.15, 0.2) is 77.7 Å². The van der Waals surface area contributed by atoms with Gasteiger partial charge in [-0.2, -0.15) is 0 Å². The Balaban J connectivity index is 2.07. The van der Waals surface area contributed by atoms with Crippen molar-refractivity contribution in [2.45, 2.75) is 38.3 Å². The number of hydrogen-bond acceptors (Lipinski definition) is 4. The van der Waals surface area contributed by atoms with Gasteiger partial charge in [0.15, 0.2) is 0 Å². The maximum absolute atomic E-state index is 13.8. The van der Waals surface area contributed by atoms with Crippen LogP contribution in [0.2, 0.25) is 10.0 Å². The predicted molar refractivity (Wildman–Crippen MR) is 147 cm³/mol. The Hall–Kier alpha value is -3.07. The fraction of sp³-hybridized carbons (Fsp3) is 0.259. The van der Waals surface area contributed by atoms with E-state index < -0.39 is 28.5 Å². The van der Waals surface area contributed by atoms with E-state index in [0.717, 1.165) is 4.31 Å². The van der Waals surface area contributed by atoms with Gasteiger partial charge in [0.1, 0.15) is 12.6 Å². The zero-order chi connectivity index (χ0) is 27.2. The maximum atomic E-state index is 13.8. The van der Waals surface area contributed by atoms with Crippen LogP contribution in [0.5, 0.6) is 0 Å². The van der Waals surface area contributed by atoms with Crippen molar-refractivity contribution >= 4 is 50.7 Å². The third kappa shape index (κ3) is 6.83. The molecular formula is C27H29Cl2N3O4S. The van der Waals surface area contributed by atoms with Crippen molar-refractivity contribution in [1.29, 1.82) is 0 Å². The third-order valence-corrected chi connectivity index (χ3v) is 8.24. The van der Waals surface area contributed by atoms with E-state index in [4.69, 9.17) is 23.2 Å². The standard InChI is InChI=1S/C27H29Cl2N3O4S/c1-4-30-27(34)20(3)31(17-21-10-8-9-13-24(21)29)26(33)18-32(25-16-22(28)15-14-19(25)2)37(35,36)23-11-6-5-7-12-23/h5-16,20H,4,17-18H2,1-3H3,(H,30,34)/t20-/m1/s1. The van der Waals surface area contributed by atoms with Crippen molar-refractivity contribution in [2.75, 3.05) is 17.4 Å². The molecule has 0 aliphatic heterocycles. The van der Waals surface area contributed by atoms with E-state index in [0.29, 0.717) is 27.7 Å². The number of hydrogen-bond donors (Lipinski definition) is 1. The monoisotopic (exact) mass is 561 g/mol. The van der Waals surface area contributed by atoms with Crippen LogP contribution >= 0.6 is 23.2 Å². The minimum atomic E-state index is -4.16. The van der Waals surface area contributed by atoms with Crippen molar-refractivity contribution in [3.05, 3.63) is 94.0 Å². The Bertz CT molecular complexity index is 1370. The summed E-state index contributed by atoms with van der Waals surface area (Å²) in [5.41, 5.74) is 1.52. The van der Waals surface area contributed by atoms with E-state index in [1.165, 1.54) is 23.1 Å². The van der Waals surface area contributed by atoms with Gasteiger partial charge < -0.3 is 10.2 Å². The van der Waals surface area contributed by atoms with Gasteiger partial charge in [0, 0.05) is 23.1 Å². The lowest BCUT2D eigenvalue weighted by atomic mass is 10.1. The number of anilines is 1. The van der Waals surface area contributed by atoms with Gasteiger partial charge in [0.25, 0.3) is 10.0 Å². The second kappa shape index (κ2) is 12.4. The van der Waals surface area contributed by atoms with Crippen molar-refractivity contribution < 1.29 is 18.0 Å². The molecule has 7 nitrogen and oxygen atoms in total. The number of amides is 2. The second-order valence-electron chi connectivity index (χ2n) is 8.44. The number of carbonyl (C=O) groups excluding carboxylic acids is 2. The van der Waals surface area contributed by atoms with Crippen LogP contribution in [0.1, 0.15) is 25.0 Å². The molecule has 3 aromatic carbocycles. The largest absolute Gasteiger partial charge is 0.355 e. The molecular weight excluding hydrogens is 533 g/mol. The highest BCUT2D eigenvalue weighted by Gasteiger charge is 2.33. The lowest BCUT2D eigenvalue weighted by Gasteiger charge is -2.32. The minimum Gasteiger partial charge on any atom is -0.355 e. The summed E-state index contributed by atoms with van der Waals surface area (Å²) in [7, 11) is -4.16. The molecule has 0 fully saturated rings. The van der Waals surface area contributed by atoms with E-state index in [1.54, 1.807) is 75.4 Å². The van der Waals surface area contributed by atoms with Crippen LogP contribution in [0.25, 0.3) is 0 Å². The minimum absolute atomic E-state index is 0.0184. The summed E-state index contributed by atoms with van der Waals surface area (Å²) in [6, 6.07) is 18.8. The van der Waals surface area contributed by atoms with Crippen LogP contribution in [-0.4, -0.2) is 44.3 Å². The molecule has 0 spiro atoms. The summed E-state index contributed by atoms with van der Waals surface area (Å²) in [4.78, 5) is 27.9. The number of halogens is 2. The second-order valence-corrected chi connectivity index (χ2v) is 11.1. The third-order valence-electron chi connectivity index (χ3n) is 5.87. The summed E-state index contributed by atoms with van der Waals surface area (Å²) < 4.78 is 28.6. The number of benzene rings is 3. The molecule has 10 heteroatoms. The van der Waals surface area contributed by atoms with Crippen molar-refractivity contribution in [1.82, 2.24) is 10.2 Å². The molecule has 196 valence electrons. The Labute approximate surface area is 228 Å². The van der Waals surface area contributed by atoms with Crippen LogP contribution in [-0.2, 0) is 26.2 Å². The SMILES string of the molecule is CCNC(=O)[C@@H](C)N(Cc1ccccc1Cl)C(=O)CN(c1cc(Cl)ccc1C)S(=O)(=O)c1ccccc1. The molecule has 0 aliphatic rings. The molecule has 2 amide bonds. The van der Waals surface area contributed by atoms with Gasteiger partial charge >= 0.3 is 0 Å². The normalized spacial score (nSPS) is 12.0. The summed E-state index contributed by atoms with van der Waals surface area (Å²) in [6.07, 6.45) is 0. The Morgan fingerprint density at radius 1 is 0.973 bits per heavy atom. The molecule has 0 saturated heterocycles. The van der Waals surface area contributed by atoms with Gasteiger partial charge in [0.2, 0.25) is 11.8 Å². The van der Waals surface area contributed by atoms with E-state index in [1.807, 2.05) is 0 Å². The Kier molecular flexibility index (Phi) is 9.59. The molecule has 0 saturated carbocycles. The number of aryl methyl sites for hydroxylation is 1. The highest BCUT2D eigenvalue weighted by Crippen LogP contribution is 2.30. The summed E-state index contributed by atoms with van der Waals surface area (Å²) >= 11 is 12.6. The molecule has 0 radical (unpaired) electrons. The molecule has 0 aliphatic carbocycles. The molecule has 0 bridgehead atoms. The van der Waals surface area contributed by atoms with Gasteiger partial charge in [-0.3, -0.25) is 13.9 Å². The van der Waals surface area contributed by atoms with Gasteiger partial charge in [-0.25, -0.2) is 8.42 Å². The fourth-order valence-electron chi connectivity index (χ4n) is 3.80. The summed E-state index contributed by atoms with van der Waals surface area (Å²) in [6.45, 7) is 4.97. The average Bonchev–Trinajstić information content (AvgIpc) is 2.88. The molecule has 0 unspecified atom stereocenters. The Morgan fingerprint density at radius 3 is 2.27 bits per heavy atom. The average molecular weight is 563 g/mol. The first-order valence-corrected chi connectivity index (χ1v) is 13.9. The van der Waals surface area contributed by atoms with Gasteiger partial charge in [-0.05, 0) is 62.2 Å². The molecule has 0 aromatic heterocycles. The zero-order valence-electron chi connectivity index (χ0n) is 20.8. The molecule has 3 aromatic rings. The maximum Gasteiger partial charge on any atom is 0.264 e. The van der Waals surface area contributed by atoms with E-state index in [2.05, 4.69) is 5.32 Å². The number of carbonyl (C=O) groups is 2. The van der Waals surface area contributed by atoms with Crippen LogP contribution in [0.3, 0.4) is 0 Å². The van der Waals surface area contributed by atoms with Gasteiger partial charge in [-0.15, -0.1) is 0 Å². The molecule has 0 heterocycles. The molecule has 3 rings (SSSR count). The van der Waals surface area contributed by atoms with Crippen molar-refractivity contribution in [3.8, 4) is 0 Å².